The zero-order valence-corrected chi connectivity index (χ0v) is 13.7. The summed E-state index contributed by atoms with van der Waals surface area (Å²) < 4.78 is 44.1. The molecule has 0 spiro atoms. The molecule has 1 amide bonds. The predicted octanol–water partition coefficient (Wildman–Crippen LogP) is 3.30. The number of fused-ring (bicyclic) bond motifs is 1. The van der Waals surface area contributed by atoms with E-state index < -0.39 is 17.8 Å². The number of anilines is 2. The first-order valence-corrected chi connectivity index (χ1v) is 7.85. The molecule has 0 fully saturated rings. The Bertz CT molecular complexity index is 806. The highest BCUT2D eigenvalue weighted by molar-refractivity contribution is 5.86. The molecule has 0 aliphatic carbocycles. The third-order valence-electron chi connectivity index (χ3n) is 3.90. The first kappa shape index (κ1) is 17.8. The van der Waals surface area contributed by atoms with Gasteiger partial charge in [0.2, 0.25) is 11.8 Å². The number of hydrogen-bond donors (Lipinski definition) is 1. The van der Waals surface area contributed by atoms with Crippen LogP contribution in [-0.2, 0) is 11.0 Å². The standard InChI is InChI=1S/C18H16F3N3O2/c1-2-16(25)23-10-14-11-24(15-4-3-9-22-17(15)26-14)13-7-5-12(6-8-13)18(19,20)21/h2-9,14H,1,10-11H2,(H,23,25)/t14-/m0/s1. The van der Waals surface area contributed by atoms with Crippen molar-refractivity contribution in [3.05, 3.63) is 60.8 Å². The number of carbonyl (C=O) groups is 1. The molecular formula is C18H16F3N3O2. The SMILES string of the molecule is C=CC(=O)NC[C@H]1CN(c2ccc(C(F)(F)F)cc2)c2cccnc2O1. The highest BCUT2D eigenvalue weighted by Crippen LogP contribution is 2.37. The van der Waals surface area contributed by atoms with Crippen molar-refractivity contribution in [3.8, 4) is 5.88 Å². The van der Waals surface area contributed by atoms with Gasteiger partial charge in [-0.15, -0.1) is 0 Å². The molecule has 26 heavy (non-hydrogen) atoms. The molecule has 0 unspecified atom stereocenters. The van der Waals surface area contributed by atoms with Crippen LogP contribution in [0.25, 0.3) is 0 Å². The van der Waals surface area contributed by atoms with Gasteiger partial charge in [-0.1, -0.05) is 6.58 Å². The fourth-order valence-electron chi connectivity index (χ4n) is 2.64. The Kier molecular flexibility index (Phi) is 4.83. The fraction of sp³-hybridized carbons (Fsp3) is 0.222. The number of nitrogens with one attached hydrogen (secondary N) is 1. The third-order valence-corrected chi connectivity index (χ3v) is 3.90. The number of ether oxygens (including phenoxy) is 1. The van der Waals surface area contributed by atoms with Gasteiger partial charge in [-0.25, -0.2) is 4.98 Å². The largest absolute Gasteiger partial charge is 0.469 e. The van der Waals surface area contributed by atoms with Gasteiger partial charge < -0.3 is 15.0 Å². The van der Waals surface area contributed by atoms with E-state index in [0.29, 0.717) is 23.8 Å². The van der Waals surface area contributed by atoms with Crippen LogP contribution in [0, 0.1) is 0 Å². The normalized spacial score (nSPS) is 16.4. The highest BCUT2D eigenvalue weighted by Gasteiger charge is 2.31. The van der Waals surface area contributed by atoms with Gasteiger partial charge in [0.15, 0.2) is 0 Å². The van der Waals surface area contributed by atoms with E-state index in [4.69, 9.17) is 4.74 Å². The second-order valence-electron chi connectivity index (χ2n) is 5.67. The predicted molar refractivity (Wildman–Crippen MR) is 90.3 cm³/mol. The van der Waals surface area contributed by atoms with E-state index in [2.05, 4.69) is 16.9 Å². The van der Waals surface area contributed by atoms with Crippen molar-refractivity contribution in [3.63, 3.8) is 0 Å². The third kappa shape index (κ3) is 3.79. The summed E-state index contributed by atoms with van der Waals surface area (Å²) in [6.45, 7) is 3.95. The van der Waals surface area contributed by atoms with Gasteiger partial charge in [-0.3, -0.25) is 4.79 Å². The first-order valence-electron chi connectivity index (χ1n) is 7.85. The summed E-state index contributed by atoms with van der Waals surface area (Å²) >= 11 is 0. The minimum Gasteiger partial charge on any atom is -0.469 e. The van der Waals surface area contributed by atoms with E-state index in [9.17, 15) is 18.0 Å². The number of rotatable bonds is 4. The van der Waals surface area contributed by atoms with Crippen LogP contribution in [0.1, 0.15) is 5.56 Å². The zero-order valence-electron chi connectivity index (χ0n) is 13.7. The zero-order chi connectivity index (χ0) is 18.7. The lowest BCUT2D eigenvalue weighted by atomic mass is 10.1. The van der Waals surface area contributed by atoms with Crippen LogP contribution in [0.5, 0.6) is 5.88 Å². The van der Waals surface area contributed by atoms with Crippen LogP contribution in [0.4, 0.5) is 24.5 Å². The number of halogens is 3. The highest BCUT2D eigenvalue weighted by atomic mass is 19.4. The van der Waals surface area contributed by atoms with Crippen LogP contribution in [0.2, 0.25) is 0 Å². The number of nitrogens with zero attached hydrogens (tertiary/aromatic N) is 2. The van der Waals surface area contributed by atoms with Crippen molar-refractivity contribution < 1.29 is 22.7 Å². The molecule has 1 atom stereocenters. The number of benzene rings is 1. The Labute approximate surface area is 148 Å². The molecule has 1 aromatic carbocycles. The van der Waals surface area contributed by atoms with Crippen molar-refractivity contribution in [1.82, 2.24) is 10.3 Å². The molecule has 8 heteroatoms. The summed E-state index contributed by atoms with van der Waals surface area (Å²) in [5.74, 6) is 0.0259. The van der Waals surface area contributed by atoms with Crippen LogP contribution in [0.3, 0.4) is 0 Å². The molecule has 1 aliphatic heterocycles. The number of aromatic nitrogens is 1. The molecule has 0 saturated carbocycles. The topological polar surface area (TPSA) is 54.5 Å². The van der Waals surface area contributed by atoms with Gasteiger partial charge in [0.1, 0.15) is 11.8 Å². The Morgan fingerprint density at radius 3 is 2.73 bits per heavy atom. The first-order chi connectivity index (χ1) is 12.4. The van der Waals surface area contributed by atoms with E-state index in [1.807, 2.05) is 4.90 Å². The van der Waals surface area contributed by atoms with E-state index in [1.165, 1.54) is 12.1 Å². The van der Waals surface area contributed by atoms with E-state index in [-0.39, 0.29) is 12.5 Å². The Balaban J connectivity index is 1.87. The van der Waals surface area contributed by atoms with Crippen molar-refractivity contribution in [2.24, 2.45) is 0 Å². The summed E-state index contributed by atoms with van der Waals surface area (Å²) in [5, 5.41) is 2.65. The molecule has 0 saturated heterocycles. The molecule has 3 rings (SSSR count). The maximum atomic E-state index is 12.8. The quantitative estimate of drug-likeness (QED) is 0.847. The van der Waals surface area contributed by atoms with Gasteiger partial charge in [0.25, 0.3) is 0 Å². The number of alkyl halides is 3. The number of hydrogen-bond acceptors (Lipinski definition) is 4. The summed E-state index contributed by atoms with van der Waals surface area (Å²) in [6.07, 6.45) is -2.08. The molecule has 136 valence electrons. The van der Waals surface area contributed by atoms with E-state index in [0.717, 1.165) is 18.2 Å². The maximum absolute atomic E-state index is 12.8. The monoisotopic (exact) mass is 363 g/mol. The van der Waals surface area contributed by atoms with Crippen molar-refractivity contribution in [2.75, 3.05) is 18.0 Å². The minimum atomic E-state index is -4.39. The average molecular weight is 363 g/mol. The lowest BCUT2D eigenvalue weighted by Crippen LogP contribution is -2.44. The average Bonchev–Trinajstić information content (AvgIpc) is 2.64. The molecule has 0 radical (unpaired) electrons. The summed E-state index contributed by atoms with van der Waals surface area (Å²) in [4.78, 5) is 17.4. The summed E-state index contributed by atoms with van der Waals surface area (Å²) in [6, 6.07) is 8.39. The number of carbonyl (C=O) groups excluding carboxylic acids is 1. The molecule has 1 aliphatic rings. The second kappa shape index (κ2) is 7.07. The van der Waals surface area contributed by atoms with Crippen molar-refractivity contribution in [2.45, 2.75) is 12.3 Å². The lowest BCUT2D eigenvalue weighted by molar-refractivity contribution is -0.137. The van der Waals surface area contributed by atoms with Gasteiger partial charge in [0, 0.05) is 11.9 Å². The van der Waals surface area contributed by atoms with Crippen LogP contribution >= 0.6 is 0 Å². The minimum absolute atomic E-state index is 0.220. The summed E-state index contributed by atoms with van der Waals surface area (Å²) in [7, 11) is 0. The van der Waals surface area contributed by atoms with Gasteiger partial charge in [-0.05, 0) is 42.5 Å². The maximum Gasteiger partial charge on any atom is 0.416 e. The van der Waals surface area contributed by atoms with Crippen LogP contribution in [0.15, 0.2) is 55.3 Å². The lowest BCUT2D eigenvalue weighted by Gasteiger charge is -2.35. The molecule has 1 aromatic heterocycles. The molecular weight excluding hydrogens is 347 g/mol. The molecule has 0 bridgehead atoms. The van der Waals surface area contributed by atoms with Gasteiger partial charge >= 0.3 is 6.18 Å². The number of amides is 1. The van der Waals surface area contributed by atoms with Crippen LogP contribution in [-0.4, -0.2) is 30.1 Å². The second-order valence-corrected chi connectivity index (χ2v) is 5.67. The fourth-order valence-corrected chi connectivity index (χ4v) is 2.64. The van der Waals surface area contributed by atoms with Crippen molar-refractivity contribution >= 4 is 17.3 Å². The van der Waals surface area contributed by atoms with E-state index in [1.54, 1.807) is 18.3 Å². The van der Waals surface area contributed by atoms with Crippen LogP contribution < -0.4 is 15.0 Å². The molecule has 2 aromatic rings. The van der Waals surface area contributed by atoms with Gasteiger partial charge in [-0.2, -0.15) is 13.2 Å². The Morgan fingerprint density at radius 1 is 1.35 bits per heavy atom. The molecule has 5 nitrogen and oxygen atoms in total. The summed E-state index contributed by atoms with van der Waals surface area (Å²) in [5.41, 5.74) is 0.518. The molecule has 1 N–H and O–H groups in total. The number of pyridine rings is 1. The molecule has 2 heterocycles. The Morgan fingerprint density at radius 2 is 2.08 bits per heavy atom. The van der Waals surface area contributed by atoms with Gasteiger partial charge in [0.05, 0.1) is 18.7 Å². The van der Waals surface area contributed by atoms with Crippen molar-refractivity contribution in [1.29, 1.82) is 0 Å². The van der Waals surface area contributed by atoms with E-state index >= 15 is 0 Å². The Hall–Kier alpha value is -3.03. The smallest absolute Gasteiger partial charge is 0.416 e.